The van der Waals surface area contributed by atoms with Crippen LogP contribution in [0.2, 0.25) is 5.02 Å². The second-order valence-corrected chi connectivity index (χ2v) is 2.75. The zero-order valence-corrected chi connectivity index (χ0v) is 7.23. The molecule has 0 unspecified atom stereocenters. The van der Waals surface area contributed by atoms with Gasteiger partial charge in [-0.25, -0.2) is 0 Å². The summed E-state index contributed by atoms with van der Waals surface area (Å²) in [5, 5.41) is 0.748. The Hall–Kier alpha value is -0.530. The van der Waals surface area contributed by atoms with Gasteiger partial charge in [-0.3, -0.25) is 0 Å². The smallest absolute Gasteiger partial charge is 0.0451 e. The molecule has 0 aliphatic carbocycles. The molecule has 0 bridgehead atoms. The standard InChI is InChI=1S/C9H11ClN/c1-2-7-3-4-9(10)8(5-7)6-11/h2-5H,6,11H2,1H3. The van der Waals surface area contributed by atoms with E-state index in [0.29, 0.717) is 6.54 Å². The lowest BCUT2D eigenvalue weighted by Crippen LogP contribution is -1.97. The van der Waals surface area contributed by atoms with E-state index in [1.165, 1.54) is 0 Å². The molecule has 1 nitrogen and oxygen atoms in total. The maximum absolute atomic E-state index is 5.86. The third-order valence-corrected chi connectivity index (χ3v) is 1.99. The van der Waals surface area contributed by atoms with Gasteiger partial charge in [0.15, 0.2) is 0 Å². The van der Waals surface area contributed by atoms with E-state index >= 15 is 0 Å². The van der Waals surface area contributed by atoms with Gasteiger partial charge in [-0.1, -0.05) is 30.7 Å². The lowest BCUT2D eigenvalue weighted by atomic mass is 10.1. The molecule has 1 radical (unpaired) electrons. The number of hydrogen-bond donors (Lipinski definition) is 1. The van der Waals surface area contributed by atoms with Crippen LogP contribution < -0.4 is 5.73 Å². The van der Waals surface area contributed by atoms with Crippen molar-refractivity contribution >= 4 is 11.6 Å². The maximum Gasteiger partial charge on any atom is 0.0451 e. The number of halogens is 1. The van der Waals surface area contributed by atoms with Gasteiger partial charge in [0.05, 0.1) is 0 Å². The first kappa shape index (κ1) is 8.57. The van der Waals surface area contributed by atoms with Crippen LogP contribution in [0, 0.1) is 6.42 Å². The number of benzene rings is 1. The monoisotopic (exact) mass is 168 g/mol. The van der Waals surface area contributed by atoms with Gasteiger partial charge >= 0.3 is 0 Å². The molecule has 0 fully saturated rings. The van der Waals surface area contributed by atoms with Crippen LogP contribution in [0.3, 0.4) is 0 Å². The molecule has 1 aromatic rings. The molecule has 0 amide bonds. The highest BCUT2D eigenvalue weighted by Crippen LogP contribution is 2.17. The van der Waals surface area contributed by atoms with E-state index in [1.807, 2.05) is 31.5 Å². The third kappa shape index (κ3) is 1.95. The highest BCUT2D eigenvalue weighted by atomic mass is 35.5. The van der Waals surface area contributed by atoms with Crippen molar-refractivity contribution in [1.82, 2.24) is 0 Å². The second kappa shape index (κ2) is 3.74. The summed E-state index contributed by atoms with van der Waals surface area (Å²) < 4.78 is 0. The van der Waals surface area contributed by atoms with Gasteiger partial charge in [0, 0.05) is 11.6 Å². The van der Waals surface area contributed by atoms with Crippen molar-refractivity contribution in [2.45, 2.75) is 13.5 Å². The molecule has 0 saturated carbocycles. The quantitative estimate of drug-likeness (QED) is 0.721. The van der Waals surface area contributed by atoms with E-state index in [-0.39, 0.29) is 0 Å². The fourth-order valence-electron chi connectivity index (χ4n) is 0.931. The molecule has 0 saturated heterocycles. The molecular formula is C9H11ClN. The van der Waals surface area contributed by atoms with E-state index in [2.05, 4.69) is 0 Å². The van der Waals surface area contributed by atoms with Crippen molar-refractivity contribution in [3.8, 4) is 0 Å². The van der Waals surface area contributed by atoms with Crippen LogP contribution in [0.25, 0.3) is 0 Å². The van der Waals surface area contributed by atoms with Gasteiger partial charge < -0.3 is 5.73 Å². The van der Waals surface area contributed by atoms with Crippen molar-refractivity contribution in [3.05, 3.63) is 40.8 Å². The predicted molar refractivity (Wildman–Crippen MR) is 48.4 cm³/mol. The van der Waals surface area contributed by atoms with Crippen molar-refractivity contribution in [2.24, 2.45) is 5.73 Å². The number of rotatable bonds is 2. The predicted octanol–water partition coefficient (Wildman–Crippen LogP) is 2.37. The highest BCUT2D eigenvalue weighted by Gasteiger charge is 1.97. The maximum atomic E-state index is 5.86. The van der Waals surface area contributed by atoms with Crippen molar-refractivity contribution in [3.63, 3.8) is 0 Å². The van der Waals surface area contributed by atoms with E-state index in [0.717, 1.165) is 16.1 Å². The molecule has 59 valence electrons. The summed E-state index contributed by atoms with van der Waals surface area (Å²) in [7, 11) is 0. The lowest BCUT2D eigenvalue weighted by molar-refractivity contribution is 1.07. The molecule has 2 heteroatoms. The molecule has 0 atom stereocenters. The van der Waals surface area contributed by atoms with Gasteiger partial charge in [0.25, 0.3) is 0 Å². The van der Waals surface area contributed by atoms with Crippen molar-refractivity contribution in [1.29, 1.82) is 0 Å². The van der Waals surface area contributed by atoms with Gasteiger partial charge in [-0.05, 0) is 23.6 Å². The molecule has 11 heavy (non-hydrogen) atoms. The highest BCUT2D eigenvalue weighted by molar-refractivity contribution is 6.31. The third-order valence-electron chi connectivity index (χ3n) is 1.62. The minimum absolute atomic E-state index is 0.501. The Morgan fingerprint density at radius 3 is 2.82 bits per heavy atom. The summed E-state index contributed by atoms with van der Waals surface area (Å²) in [6, 6.07) is 5.85. The van der Waals surface area contributed by atoms with Crippen molar-refractivity contribution in [2.75, 3.05) is 0 Å². The van der Waals surface area contributed by atoms with Gasteiger partial charge in [-0.15, -0.1) is 0 Å². The summed E-state index contributed by atoms with van der Waals surface area (Å²) >= 11 is 5.86. The summed E-state index contributed by atoms with van der Waals surface area (Å²) in [6.45, 7) is 2.49. The molecule has 0 aliphatic heterocycles. The van der Waals surface area contributed by atoms with E-state index < -0.39 is 0 Å². The second-order valence-electron chi connectivity index (χ2n) is 2.34. The van der Waals surface area contributed by atoms with E-state index in [1.54, 1.807) is 0 Å². The summed E-state index contributed by atoms with van der Waals surface area (Å²) in [5.41, 5.74) is 7.64. The largest absolute Gasteiger partial charge is 0.326 e. The average Bonchev–Trinajstić information content (AvgIpc) is 2.05. The SMILES string of the molecule is C[CH]c1ccc(Cl)c(CN)c1. The minimum Gasteiger partial charge on any atom is -0.326 e. The molecule has 0 aliphatic rings. The van der Waals surface area contributed by atoms with E-state index in [4.69, 9.17) is 17.3 Å². The van der Waals surface area contributed by atoms with Crippen LogP contribution in [-0.2, 0) is 6.54 Å². The Morgan fingerprint density at radius 2 is 2.27 bits per heavy atom. The Bertz CT molecular complexity index is 245. The van der Waals surface area contributed by atoms with Gasteiger partial charge in [0.1, 0.15) is 0 Å². The number of nitrogens with two attached hydrogens (primary N) is 1. The summed E-state index contributed by atoms with van der Waals surface area (Å²) in [6.07, 6.45) is 2.02. The molecule has 2 N–H and O–H groups in total. The molecular weight excluding hydrogens is 158 g/mol. The first-order valence-corrected chi connectivity index (χ1v) is 3.93. The summed E-state index contributed by atoms with van der Waals surface area (Å²) in [4.78, 5) is 0. The Labute approximate surface area is 72.2 Å². The molecule has 0 spiro atoms. The Balaban J connectivity index is 3.02. The lowest BCUT2D eigenvalue weighted by Gasteiger charge is -2.02. The fraction of sp³-hybridized carbons (Fsp3) is 0.222. The van der Waals surface area contributed by atoms with Crippen LogP contribution in [0.15, 0.2) is 18.2 Å². The minimum atomic E-state index is 0.501. The Kier molecular flexibility index (Phi) is 2.92. The van der Waals surface area contributed by atoms with Crippen LogP contribution >= 0.6 is 11.6 Å². The van der Waals surface area contributed by atoms with Crippen molar-refractivity contribution < 1.29 is 0 Å². The normalized spacial score (nSPS) is 10.1. The first-order valence-electron chi connectivity index (χ1n) is 3.55. The summed E-state index contributed by atoms with van der Waals surface area (Å²) in [5.74, 6) is 0. The van der Waals surface area contributed by atoms with Crippen LogP contribution in [-0.4, -0.2) is 0 Å². The van der Waals surface area contributed by atoms with E-state index in [9.17, 15) is 0 Å². The van der Waals surface area contributed by atoms with Crippen LogP contribution in [0.1, 0.15) is 18.1 Å². The van der Waals surface area contributed by atoms with Gasteiger partial charge in [0.2, 0.25) is 0 Å². The first-order chi connectivity index (χ1) is 5.27. The zero-order chi connectivity index (χ0) is 8.27. The number of hydrogen-bond acceptors (Lipinski definition) is 1. The van der Waals surface area contributed by atoms with Crippen LogP contribution in [0.5, 0.6) is 0 Å². The van der Waals surface area contributed by atoms with Crippen LogP contribution in [0.4, 0.5) is 0 Å². The molecule has 1 aromatic carbocycles. The molecule has 0 heterocycles. The molecule has 0 aromatic heterocycles. The Morgan fingerprint density at radius 1 is 1.55 bits per heavy atom. The average molecular weight is 169 g/mol. The zero-order valence-electron chi connectivity index (χ0n) is 6.47. The van der Waals surface area contributed by atoms with Gasteiger partial charge in [-0.2, -0.15) is 0 Å². The molecule has 1 rings (SSSR count). The topological polar surface area (TPSA) is 26.0 Å². The fourth-order valence-corrected chi connectivity index (χ4v) is 1.13.